The van der Waals surface area contributed by atoms with Crippen LogP contribution in [0.3, 0.4) is 0 Å². The number of phenols is 1. The van der Waals surface area contributed by atoms with Gasteiger partial charge < -0.3 is 20.1 Å². The second kappa shape index (κ2) is 17.4. The summed E-state index contributed by atoms with van der Waals surface area (Å²) in [6.07, 6.45) is 6.87. The Morgan fingerprint density at radius 1 is 0.617 bits per heavy atom. The van der Waals surface area contributed by atoms with Gasteiger partial charge in [0.15, 0.2) is 17.5 Å². The Morgan fingerprint density at radius 2 is 1.15 bits per heavy atom. The Bertz CT molecular complexity index is 1530. The average molecular weight is 640 g/mol. The fourth-order valence-corrected chi connectivity index (χ4v) is 6.08. The maximum atomic E-state index is 11.2. The smallest absolute Gasteiger partial charge is 0.223 e. The van der Waals surface area contributed by atoms with E-state index >= 15 is 0 Å². The maximum absolute atomic E-state index is 11.2. The van der Waals surface area contributed by atoms with Crippen molar-refractivity contribution < 1.29 is 20.1 Å². The number of nitrogens with zero attached hydrogens (tertiary/aromatic N) is 3. The number of unbranched alkanes of at least 4 members (excludes halogenated alkanes) is 1. The van der Waals surface area contributed by atoms with E-state index in [1.54, 1.807) is 12.1 Å². The minimum Gasteiger partial charge on any atom is -0.507 e. The maximum Gasteiger partial charge on any atom is 0.223 e. The summed E-state index contributed by atoms with van der Waals surface area (Å²) in [5.41, 5.74) is 7.12. The lowest BCUT2D eigenvalue weighted by atomic mass is 9.93. The number of aliphatic hydroxyl groups excluding tert-OH is 2. The van der Waals surface area contributed by atoms with Gasteiger partial charge in [-0.05, 0) is 78.8 Å². The third-order valence-electron chi connectivity index (χ3n) is 9.24. The van der Waals surface area contributed by atoms with Gasteiger partial charge in [0.2, 0.25) is 6.29 Å². The number of aromatic nitrogens is 3. The molecule has 0 aliphatic carbocycles. The van der Waals surface area contributed by atoms with E-state index in [1.807, 2.05) is 0 Å². The van der Waals surface area contributed by atoms with Crippen LogP contribution in [-0.4, -0.2) is 42.7 Å². The number of aromatic hydroxyl groups is 1. The van der Waals surface area contributed by atoms with Crippen molar-refractivity contribution in [2.45, 2.75) is 118 Å². The molecule has 4 rings (SSSR count). The van der Waals surface area contributed by atoms with E-state index in [9.17, 15) is 15.3 Å². The monoisotopic (exact) mass is 639 g/mol. The second-order valence-electron chi connectivity index (χ2n) is 12.5. The molecule has 252 valence electrons. The zero-order valence-corrected chi connectivity index (χ0v) is 29.1. The van der Waals surface area contributed by atoms with Crippen LogP contribution in [0.15, 0.2) is 54.6 Å². The summed E-state index contributed by atoms with van der Waals surface area (Å²) in [7, 11) is 0. The second-order valence-corrected chi connectivity index (χ2v) is 12.5. The van der Waals surface area contributed by atoms with Crippen molar-refractivity contribution >= 4 is 0 Å². The van der Waals surface area contributed by atoms with Crippen molar-refractivity contribution in [2.24, 2.45) is 5.92 Å². The lowest BCUT2D eigenvalue weighted by molar-refractivity contribution is -0.107. The molecule has 0 saturated carbocycles. The Labute approximate surface area is 281 Å². The fourth-order valence-electron chi connectivity index (χ4n) is 6.08. The van der Waals surface area contributed by atoms with E-state index in [1.165, 1.54) is 23.6 Å². The molecule has 1 heterocycles. The third-order valence-corrected chi connectivity index (χ3v) is 9.24. The van der Waals surface area contributed by atoms with Gasteiger partial charge in [0, 0.05) is 17.2 Å². The van der Waals surface area contributed by atoms with E-state index in [0.29, 0.717) is 35.4 Å². The molecule has 3 atom stereocenters. The summed E-state index contributed by atoms with van der Waals surface area (Å²) in [5, 5.41) is 32.5. The summed E-state index contributed by atoms with van der Waals surface area (Å²) in [5.74, 6) is 2.12. The van der Waals surface area contributed by atoms with Crippen LogP contribution in [0.2, 0.25) is 0 Å². The predicted molar refractivity (Wildman–Crippen MR) is 190 cm³/mol. The van der Waals surface area contributed by atoms with E-state index < -0.39 is 12.4 Å². The number of hydrogen-bond acceptors (Lipinski definition) is 7. The number of phenolic OH excluding ortho intramolecular Hbond substituents is 1. The van der Waals surface area contributed by atoms with Crippen LogP contribution >= 0.6 is 0 Å². The highest BCUT2D eigenvalue weighted by molar-refractivity contribution is 5.72. The van der Waals surface area contributed by atoms with Gasteiger partial charge in [-0.3, -0.25) is 0 Å². The van der Waals surface area contributed by atoms with Crippen molar-refractivity contribution in [1.29, 1.82) is 0 Å². The number of rotatable bonds is 17. The molecule has 0 radical (unpaired) electrons. The third kappa shape index (κ3) is 9.17. The lowest BCUT2D eigenvalue weighted by Gasteiger charge is -2.22. The molecule has 0 bridgehead atoms. The van der Waals surface area contributed by atoms with Crippen LogP contribution in [0.25, 0.3) is 34.2 Å². The molecule has 47 heavy (non-hydrogen) atoms. The molecule has 3 N–H and O–H groups in total. The number of aliphatic hydroxyl groups is 2. The van der Waals surface area contributed by atoms with Crippen LogP contribution < -0.4 is 4.74 Å². The normalized spacial score (nSPS) is 13.4. The Balaban J connectivity index is 1.68. The number of aryl methyl sites for hydroxylation is 4. The predicted octanol–water partition coefficient (Wildman–Crippen LogP) is 8.88. The highest BCUT2D eigenvalue weighted by atomic mass is 16.6. The van der Waals surface area contributed by atoms with Crippen LogP contribution in [-0.2, 0) is 25.7 Å². The van der Waals surface area contributed by atoms with Crippen molar-refractivity contribution in [3.63, 3.8) is 0 Å². The first kappa shape index (κ1) is 36.0. The first-order chi connectivity index (χ1) is 22.7. The van der Waals surface area contributed by atoms with Gasteiger partial charge in [0.05, 0.1) is 5.56 Å². The topological polar surface area (TPSA) is 109 Å². The molecular formula is C40H53N3O4. The summed E-state index contributed by atoms with van der Waals surface area (Å²) < 4.78 is 5.68. The summed E-state index contributed by atoms with van der Waals surface area (Å²) >= 11 is 0. The SMILES string of the molecule is CCCCC(CC)CCC(O)C(O)Oc1ccc(-c2nc(-c3ccc(CC)cc3CC)nc(-c3ccc(CC)cc3CC)n2)c(O)c1. The largest absolute Gasteiger partial charge is 0.507 e. The zero-order valence-electron chi connectivity index (χ0n) is 29.1. The molecular weight excluding hydrogens is 586 g/mol. The van der Waals surface area contributed by atoms with Crippen LogP contribution in [0.1, 0.15) is 102 Å². The van der Waals surface area contributed by atoms with E-state index in [4.69, 9.17) is 19.7 Å². The van der Waals surface area contributed by atoms with Crippen molar-refractivity contribution in [3.05, 3.63) is 76.9 Å². The zero-order chi connectivity index (χ0) is 33.9. The van der Waals surface area contributed by atoms with E-state index in [2.05, 4.69) is 77.9 Å². The fraction of sp³-hybridized carbons (Fsp3) is 0.475. The Morgan fingerprint density at radius 3 is 1.62 bits per heavy atom. The van der Waals surface area contributed by atoms with Gasteiger partial charge >= 0.3 is 0 Å². The standard InChI is InChI=1S/C40H53N3O4/c1-7-13-14-26(8-2)17-22-35(44)40(46)47-31-18-21-34(36(45)25-31)39-42-37(32-19-15-27(9-3)23-29(32)11-5)41-38(43-39)33-20-16-28(10-4)24-30(33)12-6/h15-16,18-21,23-26,35,40,44-46H,7-14,17,22H2,1-6H3. The minimum absolute atomic E-state index is 0.0907. The van der Waals surface area contributed by atoms with Gasteiger partial charge in [0.25, 0.3) is 0 Å². The quantitative estimate of drug-likeness (QED) is 0.0990. The molecule has 3 aromatic carbocycles. The molecule has 0 amide bonds. The molecule has 7 nitrogen and oxygen atoms in total. The number of ether oxygens (including phenoxy) is 1. The first-order valence-corrected chi connectivity index (χ1v) is 17.6. The first-order valence-electron chi connectivity index (χ1n) is 17.6. The summed E-state index contributed by atoms with van der Waals surface area (Å²) in [4.78, 5) is 14.8. The van der Waals surface area contributed by atoms with Crippen LogP contribution in [0, 0.1) is 5.92 Å². The molecule has 0 aliphatic heterocycles. The van der Waals surface area contributed by atoms with E-state index in [0.717, 1.165) is 73.6 Å². The molecule has 0 spiro atoms. The molecule has 7 heteroatoms. The van der Waals surface area contributed by atoms with Gasteiger partial charge in [-0.15, -0.1) is 0 Å². The summed E-state index contributed by atoms with van der Waals surface area (Å²) in [6, 6.07) is 17.6. The van der Waals surface area contributed by atoms with Crippen molar-refractivity contribution in [1.82, 2.24) is 15.0 Å². The number of benzene rings is 3. The van der Waals surface area contributed by atoms with Crippen LogP contribution in [0.4, 0.5) is 0 Å². The van der Waals surface area contributed by atoms with Crippen molar-refractivity contribution in [3.8, 4) is 45.7 Å². The summed E-state index contributed by atoms with van der Waals surface area (Å²) in [6.45, 7) is 12.9. The molecule has 4 aromatic rings. The van der Waals surface area contributed by atoms with Gasteiger partial charge in [-0.2, -0.15) is 0 Å². The molecule has 0 saturated heterocycles. The molecule has 0 fully saturated rings. The molecule has 1 aromatic heterocycles. The molecule has 0 aliphatic rings. The van der Waals surface area contributed by atoms with Crippen molar-refractivity contribution in [2.75, 3.05) is 0 Å². The Hall–Kier alpha value is -3.81. The average Bonchev–Trinajstić information content (AvgIpc) is 3.10. The van der Waals surface area contributed by atoms with Gasteiger partial charge in [-0.1, -0.05) is 104 Å². The van der Waals surface area contributed by atoms with Gasteiger partial charge in [0.1, 0.15) is 17.6 Å². The minimum atomic E-state index is -1.41. The Kier molecular flexibility index (Phi) is 13.3. The van der Waals surface area contributed by atoms with Crippen LogP contribution in [0.5, 0.6) is 11.5 Å². The van der Waals surface area contributed by atoms with E-state index in [-0.39, 0.29) is 11.5 Å². The number of hydrogen-bond donors (Lipinski definition) is 3. The van der Waals surface area contributed by atoms with Gasteiger partial charge in [-0.25, -0.2) is 15.0 Å². The highest BCUT2D eigenvalue weighted by Gasteiger charge is 2.22. The highest BCUT2D eigenvalue weighted by Crippen LogP contribution is 2.35. The molecule has 3 unspecified atom stereocenters. The lowest BCUT2D eigenvalue weighted by Crippen LogP contribution is -2.31.